The lowest BCUT2D eigenvalue weighted by molar-refractivity contribution is -0.133. The van der Waals surface area contributed by atoms with Crippen molar-refractivity contribution in [3.8, 4) is 11.5 Å². The molecule has 0 bridgehead atoms. The summed E-state index contributed by atoms with van der Waals surface area (Å²) in [7, 11) is 0. The summed E-state index contributed by atoms with van der Waals surface area (Å²) in [6.07, 6.45) is 2.92. The number of carbonyl (C=O) groups excluding carboxylic acids is 1. The summed E-state index contributed by atoms with van der Waals surface area (Å²) in [5, 5.41) is 0. The maximum absolute atomic E-state index is 11.7. The number of hydrogen-bond donors (Lipinski definition) is 1. The van der Waals surface area contributed by atoms with Gasteiger partial charge in [-0.2, -0.15) is 0 Å². The summed E-state index contributed by atoms with van der Waals surface area (Å²) in [5.74, 6) is -0.879. The Balaban J connectivity index is 2.55. The predicted octanol–water partition coefficient (Wildman–Crippen LogP) is 2.27. The second kappa shape index (κ2) is 5.95. The number of hydrogen-bond acceptors (Lipinski definition) is 5. The van der Waals surface area contributed by atoms with Gasteiger partial charge in [0.15, 0.2) is 0 Å². The van der Waals surface area contributed by atoms with Gasteiger partial charge in [-0.1, -0.05) is 0 Å². The highest BCUT2D eigenvalue weighted by atomic mass is 16.7. The van der Waals surface area contributed by atoms with Crippen LogP contribution in [0.2, 0.25) is 0 Å². The summed E-state index contributed by atoms with van der Waals surface area (Å²) >= 11 is 0. The Morgan fingerprint density at radius 1 is 1.14 bits per heavy atom. The van der Waals surface area contributed by atoms with Crippen molar-refractivity contribution in [3.05, 3.63) is 35.8 Å². The van der Waals surface area contributed by atoms with Crippen LogP contribution in [-0.4, -0.2) is 19.1 Å². The normalized spacial score (nSPS) is 15.2. The molecule has 2 rings (SSSR count). The van der Waals surface area contributed by atoms with Crippen LogP contribution in [0.15, 0.2) is 24.7 Å². The average molecular weight is 293 g/mol. The number of carbonyl (C=O) groups is 1. The van der Waals surface area contributed by atoms with Crippen molar-refractivity contribution in [1.82, 2.24) is 0 Å². The SMILES string of the molecule is CCOc1cc(C2(C)OC=CO2)cc(OCC)c1C(N)=O. The van der Waals surface area contributed by atoms with E-state index in [2.05, 4.69) is 0 Å². The van der Waals surface area contributed by atoms with Gasteiger partial charge in [0, 0.05) is 12.5 Å². The number of primary amides is 1. The highest BCUT2D eigenvalue weighted by molar-refractivity contribution is 5.98. The van der Waals surface area contributed by atoms with Gasteiger partial charge < -0.3 is 24.7 Å². The van der Waals surface area contributed by atoms with E-state index in [4.69, 9.17) is 24.7 Å². The fraction of sp³-hybridized carbons (Fsp3) is 0.400. The molecule has 6 nitrogen and oxygen atoms in total. The third kappa shape index (κ3) is 2.89. The molecule has 0 fully saturated rings. The Bertz CT molecular complexity index is 532. The third-order valence-corrected chi connectivity index (χ3v) is 3.08. The van der Waals surface area contributed by atoms with Crippen LogP contribution in [0.5, 0.6) is 11.5 Å². The highest BCUT2D eigenvalue weighted by Crippen LogP contribution is 2.39. The molecule has 0 saturated carbocycles. The Kier molecular flexibility index (Phi) is 4.26. The first-order valence-electron chi connectivity index (χ1n) is 6.76. The van der Waals surface area contributed by atoms with Crippen molar-refractivity contribution in [2.24, 2.45) is 5.73 Å². The third-order valence-electron chi connectivity index (χ3n) is 3.08. The van der Waals surface area contributed by atoms with E-state index in [1.807, 2.05) is 13.8 Å². The van der Waals surface area contributed by atoms with Gasteiger partial charge in [-0.05, 0) is 26.0 Å². The van der Waals surface area contributed by atoms with E-state index >= 15 is 0 Å². The second-order valence-corrected chi connectivity index (χ2v) is 4.53. The van der Waals surface area contributed by atoms with Gasteiger partial charge in [-0.25, -0.2) is 0 Å². The molecule has 1 aliphatic heterocycles. The minimum absolute atomic E-state index is 0.219. The Morgan fingerprint density at radius 2 is 1.62 bits per heavy atom. The number of benzene rings is 1. The van der Waals surface area contributed by atoms with Gasteiger partial charge >= 0.3 is 0 Å². The first kappa shape index (κ1) is 15.0. The van der Waals surface area contributed by atoms with Crippen LogP contribution in [-0.2, 0) is 15.3 Å². The molecule has 0 atom stereocenters. The van der Waals surface area contributed by atoms with Gasteiger partial charge in [-0.3, -0.25) is 4.79 Å². The number of nitrogens with two attached hydrogens (primary N) is 1. The molecular formula is C15H19NO5. The summed E-state index contributed by atoms with van der Waals surface area (Å²) in [6.45, 7) is 6.20. The van der Waals surface area contributed by atoms with E-state index in [0.717, 1.165) is 0 Å². The molecule has 0 saturated heterocycles. The van der Waals surface area contributed by atoms with Crippen molar-refractivity contribution in [2.75, 3.05) is 13.2 Å². The Hall–Kier alpha value is -2.37. The van der Waals surface area contributed by atoms with Crippen molar-refractivity contribution in [2.45, 2.75) is 26.6 Å². The number of rotatable bonds is 6. The van der Waals surface area contributed by atoms with Crippen LogP contribution in [0.25, 0.3) is 0 Å². The summed E-state index contributed by atoms with van der Waals surface area (Å²) in [5.41, 5.74) is 6.33. The maximum atomic E-state index is 11.7. The molecule has 1 aromatic rings. The molecule has 6 heteroatoms. The molecule has 114 valence electrons. The topological polar surface area (TPSA) is 80.0 Å². The summed E-state index contributed by atoms with van der Waals surface area (Å²) in [6, 6.07) is 3.36. The zero-order valence-corrected chi connectivity index (χ0v) is 12.3. The van der Waals surface area contributed by atoms with Crippen molar-refractivity contribution >= 4 is 5.91 Å². The molecule has 1 amide bonds. The molecular weight excluding hydrogens is 274 g/mol. The Morgan fingerprint density at radius 3 is 2.00 bits per heavy atom. The summed E-state index contributed by atoms with van der Waals surface area (Å²) in [4.78, 5) is 11.7. The van der Waals surface area contributed by atoms with E-state index in [9.17, 15) is 4.79 Å². The second-order valence-electron chi connectivity index (χ2n) is 4.53. The maximum Gasteiger partial charge on any atom is 0.274 e. The number of ether oxygens (including phenoxy) is 4. The predicted molar refractivity (Wildman–Crippen MR) is 76.0 cm³/mol. The zero-order valence-electron chi connectivity index (χ0n) is 12.3. The largest absolute Gasteiger partial charge is 0.493 e. The van der Waals surface area contributed by atoms with Gasteiger partial charge in [0.1, 0.15) is 29.6 Å². The molecule has 21 heavy (non-hydrogen) atoms. The van der Waals surface area contributed by atoms with Crippen LogP contribution in [0.4, 0.5) is 0 Å². The minimum Gasteiger partial charge on any atom is -0.493 e. The van der Waals surface area contributed by atoms with E-state index in [1.165, 1.54) is 12.5 Å². The monoisotopic (exact) mass is 293 g/mol. The lowest BCUT2D eigenvalue weighted by atomic mass is 10.0. The molecule has 1 heterocycles. The highest BCUT2D eigenvalue weighted by Gasteiger charge is 2.34. The van der Waals surface area contributed by atoms with E-state index in [0.29, 0.717) is 30.3 Å². The quantitative estimate of drug-likeness (QED) is 0.870. The molecule has 0 aromatic heterocycles. The van der Waals surface area contributed by atoms with E-state index in [-0.39, 0.29) is 5.56 Å². The molecule has 1 aliphatic rings. The molecule has 0 radical (unpaired) electrons. The van der Waals surface area contributed by atoms with Gasteiger partial charge in [0.25, 0.3) is 11.7 Å². The fourth-order valence-electron chi connectivity index (χ4n) is 2.11. The van der Waals surface area contributed by atoms with Gasteiger partial charge in [-0.15, -0.1) is 0 Å². The molecule has 1 aromatic carbocycles. The standard InChI is InChI=1S/C15H19NO5/c1-4-18-11-8-10(15(3)20-6-7-21-15)9-12(19-5-2)13(11)14(16)17/h6-9H,4-5H2,1-3H3,(H2,16,17). The molecule has 0 aliphatic carbocycles. The Labute approximate surface area is 123 Å². The zero-order chi connectivity index (χ0) is 15.5. The van der Waals surface area contributed by atoms with Crippen molar-refractivity contribution in [1.29, 1.82) is 0 Å². The first-order chi connectivity index (χ1) is 10.0. The first-order valence-corrected chi connectivity index (χ1v) is 6.76. The van der Waals surface area contributed by atoms with E-state index in [1.54, 1.807) is 19.1 Å². The lowest BCUT2D eigenvalue weighted by Crippen LogP contribution is -2.24. The number of amides is 1. The van der Waals surface area contributed by atoms with Crippen LogP contribution < -0.4 is 15.2 Å². The lowest BCUT2D eigenvalue weighted by Gasteiger charge is -2.25. The van der Waals surface area contributed by atoms with Gasteiger partial charge in [0.2, 0.25) is 0 Å². The molecule has 0 unspecified atom stereocenters. The summed E-state index contributed by atoms with van der Waals surface area (Å²) < 4.78 is 22.0. The van der Waals surface area contributed by atoms with Gasteiger partial charge in [0.05, 0.1) is 13.2 Å². The molecule has 0 spiro atoms. The average Bonchev–Trinajstić information content (AvgIpc) is 2.87. The minimum atomic E-state index is -0.978. The van der Waals surface area contributed by atoms with Crippen LogP contribution in [0, 0.1) is 0 Å². The van der Waals surface area contributed by atoms with Crippen LogP contribution in [0.1, 0.15) is 36.7 Å². The fourth-order valence-corrected chi connectivity index (χ4v) is 2.11. The van der Waals surface area contributed by atoms with E-state index < -0.39 is 11.7 Å². The van der Waals surface area contributed by atoms with Crippen LogP contribution >= 0.6 is 0 Å². The molecule has 2 N–H and O–H groups in total. The van der Waals surface area contributed by atoms with Crippen molar-refractivity contribution < 1.29 is 23.7 Å². The van der Waals surface area contributed by atoms with Crippen molar-refractivity contribution in [3.63, 3.8) is 0 Å². The van der Waals surface area contributed by atoms with Crippen LogP contribution in [0.3, 0.4) is 0 Å². The smallest absolute Gasteiger partial charge is 0.274 e.